The maximum Gasteiger partial charge on any atom is 0.235 e. The first-order chi connectivity index (χ1) is 8.11. The molecule has 17 heavy (non-hydrogen) atoms. The molecule has 0 fully saturated rings. The fraction of sp³-hybridized carbons (Fsp3) is 0.167. The Balaban J connectivity index is 2.37. The third-order valence-electron chi connectivity index (χ3n) is 2.65. The first-order valence-electron chi connectivity index (χ1n) is 5.06. The van der Waals surface area contributed by atoms with E-state index in [9.17, 15) is 4.79 Å². The summed E-state index contributed by atoms with van der Waals surface area (Å²) < 4.78 is 0. The number of nitriles is 1. The van der Waals surface area contributed by atoms with Crippen LogP contribution in [0, 0.1) is 17.2 Å². The summed E-state index contributed by atoms with van der Waals surface area (Å²) in [7, 11) is 0. The van der Waals surface area contributed by atoms with Crippen LogP contribution in [0.25, 0.3) is 10.9 Å². The van der Waals surface area contributed by atoms with Crippen molar-refractivity contribution in [3.63, 3.8) is 0 Å². The van der Waals surface area contributed by atoms with Crippen molar-refractivity contribution in [2.75, 3.05) is 0 Å². The Labute approximate surface area is 103 Å². The van der Waals surface area contributed by atoms with Gasteiger partial charge in [-0.05, 0) is 24.1 Å². The predicted octanol–water partition coefficient (Wildman–Crippen LogP) is 1.99. The second-order valence-electron chi connectivity index (χ2n) is 3.79. The summed E-state index contributed by atoms with van der Waals surface area (Å²) >= 11 is 5.86. The van der Waals surface area contributed by atoms with Crippen molar-refractivity contribution >= 4 is 28.4 Å². The molecule has 4 nitrogen and oxygen atoms in total. The van der Waals surface area contributed by atoms with Crippen LogP contribution in [0.5, 0.6) is 0 Å². The van der Waals surface area contributed by atoms with Gasteiger partial charge < -0.3 is 10.7 Å². The molecule has 0 saturated heterocycles. The predicted molar refractivity (Wildman–Crippen MR) is 65.3 cm³/mol. The van der Waals surface area contributed by atoms with Gasteiger partial charge in [-0.2, -0.15) is 5.26 Å². The molecule has 0 saturated carbocycles. The van der Waals surface area contributed by atoms with E-state index in [1.165, 1.54) is 0 Å². The summed E-state index contributed by atoms with van der Waals surface area (Å²) in [4.78, 5) is 14.1. The molecule has 1 heterocycles. The average Bonchev–Trinajstić information content (AvgIpc) is 2.67. The van der Waals surface area contributed by atoms with Gasteiger partial charge in [-0.3, -0.25) is 4.79 Å². The van der Waals surface area contributed by atoms with Crippen LogP contribution in [0.15, 0.2) is 24.4 Å². The number of carbonyl (C=O) groups excluding carboxylic acids is 1. The molecule has 3 N–H and O–H groups in total. The van der Waals surface area contributed by atoms with Gasteiger partial charge >= 0.3 is 0 Å². The molecule has 2 aromatic rings. The van der Waals surface area contributed by atoms with Crippen LogP contribution in [0.1, 0.15) is 5.56 Å². The Morgan fingerprint density at radius 1 is 1.59 bits per heavy atom. The highest BCUT2D eigenvalue weighted by atomic mass is 35.5. The molecule has 0 aliphatic heterocycles. The monoisotopic (exact) mass is 247 g/mol. The second-order valence-corrected chi connectivity index (χ2v) is 4.23. The fourth-order valence-corrected chi connectivity index (χ4v) is 1.93. The number of benzene rings is 1. The quantitative estimate of drug-likeness (QED) is 0.869. The minimum atomic E-state index is -0.801. The summed E-state index contributed by atoms with van der Waals surface area (Å²) in [5.74, 6) is -1.40. The molecule has 2 rings (SSSR count). The van der Waals surface area contributed by atoms with E-state index in [-0.39, 0.29) is 0 Å². The molecule has 86 valence electrons. The van der Waals surface area contributed by atoms with Gasteiger partial charge in [0.15, 0.2) is 0 Å². The van der Waals surface area contributed by atoms with Crippen LogP contribution in [-0.2, 0) is 11.2 Å². The van der Waals surface area contributed by atoms with E-state index in [0.717, 1.165) is 16.5 Å². The van der Waals surface area contributed by atoms with Gasteiger partial charge in [0.1, 0.15) is 5.92 Å². The molecule has 0 aliphatic rings. The highest BCUT2D eigenvalue weighted by Gasteiger charge is 2.17. The van der Waals surface area contributed by atoms with Gasteiger partial charge in [0, 0.05) is 22.1 Å². The van der Waals surface area contributed by atoms with Gasteiger partial charge in [-0.1, -0.05) is 17.7 Å². The fourth-order valence-electron chi connectivity index (χ4n) is 1.76. The lowest BCUT2D eigenvalue weighted by Gasteiger charge is -2.03. The van der Waals surface area contributed by atoms with Gasteiger partial charge in [-0.25, -0.2) is 0 Å². The summed E-state index contributed by atoms with van der Waals surface area (Å²) in [5.41, 5.74) is 6.91. The first kappa shape index (κ1) is 11.5. The number of amides is 1. The Morgan fingerprint density at radius 2 is 2.35 bits per heavy atom. The summed E-state index contributed by atoms with van der Waals surface area (Å²) in [6.45, 7) is 0. The van der Waals surface area contributed by atoms with Crippen molar-refractivity contribution < 1.29 is 4.79 Å². The van der Waals surface area contributed by atoms with Crippen molar-refractivity contribution in [3.05, 3.63) is 35.0 Å². The highest BCUT2D eigenvalue weighted by molar-refractivity contribution is 6.31. The number of H-pyrrole nitrogens is 1. The van der Waals surface area contributed by atoms with Crippen molar-refractivity contribution in [2.24, 2.45) is 11.7 Å². The van der Waals surface area contributed by atoms with E-state index >= 15 is 0 Å². The third-order valence-corrected chi connectivity index (χ3v) is 2.89. The van der Waals surface area contributed by atoms with Crippen LogP contribution in [0.3, 0.4) is 0 Å². The van der Waals surface area contributed by atoms with Gasteiger partial charge in [-0.15, -0.1) is 0 Å². The number of hydrogen-bond acceptors (Lipinski definition) is 2. The van der Waals surface area contributed by atoms with Crippen molar-refractivity contribution in [1.82, 2.24) is 4.98 Å². The smallest absolute Gasteiger partial charge is 0.235 e. The lowest BCUT2D eigenvalue weighted by molar-refractivity contribution is -0.120. The number of aromatic amines is 1. The van der Waals surface area contributed by atoms with E-state index < -0.39 is 11.8 Å². The maximum absolute atomic E-state index is 11.0. The summed E-state index contributed by atoms with van der Waals surface area (Å²) in [6, 6.07) is 7.33. The van der Waals surface area contributed by atoms with Gasteiger partial charge in [0.25, 0.3) is 0 Å². The van der Waals surface area contributed by atoms with Crippen molar-refractivity contribution in [2.45, 2.75) is 6.42 Å². The van der Waals surface area contributed by atoms with Crippen LogP contribution < -0.4 is 5.73 Å². The number of nitrogens with one attached hydrogen (secondary N) is 1. The van der Waals surface area contributed by atoms with E-state index in [2.05, 4.69) is 4.98 Å². The van der Waals surface area contributed by atoms with E-state index in [1.807, 2.05) is 12.1 Å². The minimum absolute atomic E-state index is 0.313. The minimum Gasteiger partial charge on any atom is -0.369 e. The Hall–Kier alpha value is -1.99. The largest absolute Gasteiger partial charge is 0.369 e. The lowest BCUT2D eigenvalue weighted by atomic mass is 10.00. The molecule has 5 heteroatoms. The zero-order valence-corrected chi connectivity index (χ0v) is 9.66. The van der Waals surface area contributed by atoms with Crippen LogP contribution in [0.4, 0.5) is 0 Å². The number of primary amides is 1. The molecule has 1 unspecified atom stereocenters. The molecule has 1 aromatic heterocycles. The SMILES string of the molecule is N#CC(Cc1c[nH]c2cc(Cl)ccc12)C(N)=O. The topological polar surface area (TPSA) is 82.7 Å². The molecule has 0 bridgehead atoms. The third kappa shape index (κ3) is 2.24. The zero-order chi connectivity index (χ0) is 12.4. The molecule has 0 radical (unpaired) electrons. The number of nitrogens with two attached hydrogens (primary N) is 1. The number of nitrogens with zero attached hydrogens (tertiary/aromatic N) is 1. The number of carbonyl (C=O) groups is 1. The van der Waals surface area contributed by atoms with Gasteiger partial charge in [0.05, 0.1) is 6.07 Å². The van der Waals surface area contributed by atoms with Crippen LogP contribution >= 0.6 is 11.6 Å². The molecule has 1 amide bonds. The zero-order valence-electron chi connectivity index (χ0n) is 8.90. The number of rotatable bonds is 3. The normalized spacial score (nSPS) is 12.2. The number of hydrogen-bond donors (Lipinski definition) is 2. The maximum atomic E-state index is 11.0. The number of aromatic nitrogens is 1. The highest BCUT2D eigenvalue weighted by Crippen LogP contribution is 2.23. The average molecular weight is 248 g/mol. The first-order valence-corrected chi connectivity index (χ1v) is 5.44. The van der Waals surface area contributed by atoms with Crippen LogP contribution in [0.2, 0.25) is 5.02 Å². The summed E-state index contributed by atoms with van der Waals surface area (Å²) in [6.07, 6.45) is 2.09. The van der Waals surface area contributed by atoms with E-state index in [4.69, 9.17) is 22.6 Å². The lowest BCUT2D eigenvalue weighted by Crippen LogP contribution is -2.23. The van der Waals surface area contributed by atoms with Crippen LogP contribution in [-0.4, -0.2) is 10.9 Å². The Bertz CT molecular complexity index is 612. The summed E-state index contributed by atoms with van der Waals surface area (Å²) in [5, 5.41) is 10.4. The number of halogens is 1. The molecule has 0 aliphatic carbocycles. The Morgan fingerprint density at radius 3 is 3.00 bits per heavy atom. The standard InChI is InChI=1S/C12H10ClN3O/c13-9-1-2-10-8(6-16-11(10)4-9)3-7(5-14)12(15)17/h1-2,4,6-7,16H,3H2,(H2,15,17). The number of fused-ring (bicyclic) bond motifs is 1. The molecule has 1 aromatic carbocycles. The Kier molecular flexibility index (Phi) is 3.03. The van der Waals surface area contributed by atoms with Crippen molar-refractivity contribution in [3.8, 4) is 6.07 Å². The molecule has 0 spiro atoms. The molecular formula is C12H10ClN3O. The second kappa shape index (κ2) is 4.48. The van der Waals surface area contributed by atoms with Crippen molar-refractivity contribution in [1.29, 1.82) is 5.26 Å². The van der Waals surface area contributed by atoms with Gasteiger partial charge in [0.2, 0.25) is 5.91 Å². The van der Waals surface area contributed by atoms with E-state index in [1.54, 1.807) is 18.3 Å². The van der Waals surface area contributed by atoms with E-state index in [0.29, 0.717) is 11.4 Å². The molecule has 1 atom stereocenters. The molecular weight excluding hydrogens is 238 g/mol.